The molecule has 0 aromatic heterocycles. The summed E-state index contributed by atoms with van der Waals surface area (Å²) in [5.41, 5.74) is 0. The van der Waals surface area contributed by atoms with Crippen LogP contribution in [0.4, 0.5) is 0 Å². The number of hydrogen-bond donors (Lipinski definition) is 1. The van der Waals surface area contributed by atoms with E-state index in [0.717, 1.165) is 0 Å². The van der Waals surface area contributed by atoms with Crippen molar-refractivity contribution in [3.8, 4) is 0 Å². The molecule has 0 saturated carbocycles. The van der Waals surface area contributed by atoms with Gasteiger partial charge in [-0.25, -0.2) is 4.79 Å². The van der Waals surface area contributed by atoms with Crippen LogP contribution < -0.4 is 0 Å². The molecule has 2 rings (SSSR count). The van der Waals surface area contributed by atoms with Gasteiger partial charge in [-0.2, -0.15) is 0 Å². The monoisotopic (exact) mass is 255 g/mol. The molecule has 0 aromatic rings. The standard InChI is InChI=1S/C8H11NO3S.3H2O/c1-8(2)6(7(11)12)9-4(10)3-5(9)13-8;;;/h5-6H,3H2,1-2H3,(H,11,12);3*1H2. The van der Waals surface area contributed by atoms with Crippen molar-refractivity contribution in [1.82, 2.24) is 4.90 Å². The van der Waals surface area contributed by atoms with E-state index < -0.39 is 12.0 Å². The number of rotatable bonds is 1. The van der Waals surface area contributed by atoms with Gasteiger partial charge in [-0.1, -0.05) is 0 Å². The predicted octanol–water partition coefficient (Wildman–Crippen LogP) is -1.95. The third-order valence-corrected chi connectivity index (χ3v) is 4.05. The Balaban J connectivity index is 0. The van der Waals surface area contributed by atoms with Crippen molar-refractivity contribution < 1.29 is 31.1 Å². The van der Waals surface area contributed by atoms with Gasteiger partial charge in [0.15, 0.2) is 0 Å². The average Bonchev–Trinajstić information content (AvgIpc) is 2.18. The van der Waals surface area contributed by atoms with Gasteiger partial charge < -0.3 is 26.4 Å². The molecule has 16 heavy (non-hydrogen) atoms. The van der Waals surface area contributed by atoms with Gasteiger partial charge in [-0.05, 0) is 13.8 Å². The van der Waals surface area contributed by atoms with Crippen molar-refractivity contribution in [3.63, 3.8) is 0 Å². The van der Waals surface area contributed by atoms with Crippen LogP contribution in [-0.2, 0) is 9.59 Å². The van der Waals surface area contributed by atoms with E-state index in [1.165, 1.54) is 4.90 Å². The molecule has 0 spiro atoms. The first-order valence-electron chi connectivity index (χ1n) is 4.15. The van der Waals surface area contributed by atoms with Crippen LogP contribution in [0.2, 0.25) is 0 Å². The summed E-state index contributed by atoms with van der Waals surface area (Å²) in [4.78, 5) is 23.6. The Hall–Kier alpha value is -0.830. The van der Waals surface area contributed by atoms with Crippen LogP contribution in [0.15, 0.2) is 0 Å². The maximum absolute atomic E-state index is 11.2. The first-order chi connectivity index (χ1) is 5.93. The van der Waals surface area contributed by atoms with Gasteiger partial charge in [0, 0.05) is 4.75 Å². The SMILES string of the molecule is CC1(C)SC2CC(=O)N2C1C(=O)O.O.O.O. The Morgan fingerprint density at radius 3 is 2.25 bits per heavy atom. The Bertz CT molecular complexity index is 294. The molecule has 0 bridgehead atoms. The fourth-order valence-electron chi connectivity index (χ4n) is 1.98. The second-order valence-electron chi connectivity index (χ2n) is 3.92. The Labute approximate surface area is 96.7 Å². The van der Waals surface area contributed by atoms with Crippen LogP contribution in [-0.4, -0.2) is 54.5 Å². The number of nitrogens with zero attached hydrogens (tertiary/aromatic N) is 1. The first kappa shape index (κ1) is 17.6. The molecule has 0 radical (unpaired) electrons. The fourth-order valence-corrected chi connectivity index (χ4v) is 3.60. The number of amides is 1. The molecule has 2 unspecified atom stereocenters. The zero-order valence-electron chi connectivity index (χ0n) is 8.98. The Morgan fingerprint density at radius 1 is 1.44 bits per heavy atom. The van der Waals surface area contributed by atoms with E-state index >= 15 is 0 Å². The average molecular weight is 255 g/mol. The lowest BCUT2D eigenvalue weighted by atomic mass is 9.98. The van der Waals surface area contributed by atoms with Crippen LogP contribution in [0.25, 0.3) is 0 Å². The highest BCUT2D eigenvalue weighted by Crippen LogP contribution is 2.50. The number of carbonyl (C=O) groups is 2. The van der Waals surface area contributed by atoms with Crippen molar-refractivity contribution in [2.45, 2.75) is 36.4 Å². The normalized spacial score (nSPS) is 28.9. The van der Waals surface area contributed by atoms with Gasteiger partial charge in [0.2, 0.25) is 5.91 Å². The smallest absolute Gasteiger partial charge is 0.327 e. The largest absolute Gasteiger partial charge is 0.480 e. The Morgan fingerprint density at radius 2 is 1.94 bits per heavy atom. The number of carboxylic acid groups (broad SMARTS) is 1. The topological polar surface area (TPSA) is 152 Å². The minimum absolute atomic E-state index is 0. The van der Waals surface area contributed by atoms with Crippen LogP contribution in [0.5, 0.6) is 0 Å². The van der Waals surface area contributed by atoms with Crippen LogP contribution in [0.1, 0.15) is 20.3 Å². The predicted molar refractivity (Wildman–Crippen MR) is 59.2 cm³/mol. The summed E-state index contributed by atoms with van der Waals surface area (Å²) in [7, 11) is 0. The lowest BCUT2D eigenvalue weighted by Gasteiger charge is -2.36. The molecule has 0 aromatic carbocycles. The summed E-state index contributed by atoms with van der Waals surface area (Å²) in [6, 6.07) is -0.649. The van der Waals surface area contributed by atoms with Crippen molar-refractivity contribution >= 4 is 23.6 Å². The minimum atomic E-state index is -0.895. The molecule has 2 heterocycles. The van der Waals surface area contributed by atoms with Gasteiger partial charge in [-0.15, -0.1) is 11.8 Å². The molecule has 2 aliphatic heterocycles. The number of carboxylic acids is 1. The van der Waals surface area contributed by atoms with Crippen LogP contribution >= 0.6 is 11.8 Å². The van der Waals surface area contributed by atoms with Gasteiger partial charge in [-0.3, -0.25) is 4.79 Å². The quantitative estimate of drug-likeness (QED) is 0.541. The van der Waals surface area contributed by atoms with E-state index in [1.54, 1.807) is 11.8 Å². The van der Waals surface area contributed by atoms with E-state index in [1.807, 2.05) is 13.8 Å². The van der Waals surface area contributed by atoms with Crippen molar-refractivity contribution in [3.05, 3.63) is 0 Å². The van der Waals surface area contributed by atoms with Crippen molar-refractivity contribution in [1.29, 1.82) is 0 Å². The molecule has 2 fully saturated rings. The highest BCUT2D eigenvalue weighted by atomic mass is 32.2. The fraction of sp³-hybridized carbons (Fsp3) is 0.750. The molecule has 1 amide bonds. The lowest BCUT2D eigenvalue weighted by Crippen LogP contribution is -2.56. The number of hydrogen-bond acceptors (Lipinski definition) is 3. The van der Waals surface area contributed by atoms with Crippen molar-refractivity contribution in [2.24, 2.45) is 0 Å². The van der Waals surface area contributed by atoms with Crippen molar-refractivity contribution in [2.75, 3.05) is 0 Å². The summed E-state index contributed by atoms with van der Waals surface area (Å²) < 4.78 is -0.358. The highest BCUT2D eigenvalue weighted by molar-refractivity contribution is 8.01. The van der Waals surface area contributed by atoms with Gasteiger partial charge >= 0.3 is 5.97 Å². The zero-order valence-corrected chi connectivity index (χ0v) is 9.80. The zero-order chi connectivity index (χ0) is 9.80. The molecule has 96 valence electrons. The molecule has 2 saturated heterocycles. The molecule has 7 N–H and O–H groups in total. The van der Waals surface area contributed by atoms with E-state index in [9.17, 15) is 9.59 Å². The van der Waals surface area contributed by atoms with E-state index in [2.05, 4.69) is 0 Å². The van der Waals surface area contributed by atoms with E-state index in [0.29, 0.717) is 6.42 Å². The molecule has 0 aliphatic carbocycles. The van der Waals surface area contributed by atoms with Gasteiger partial charge in [0.1, 0.15) is 6.04 Å². The molecule has 7 nitrogen and oxygen atoms in total. The van der Waals surface area contributed by atoms with Crippen LogP contribution in [0, 0.1) is 0 Å². The summed E-state index contributed by atoms with van der Waals surface area (Å²) in [6.45, 7) is 3.75. The number of thioether (sulfide) groups is 1. The van der Waals surface area contributed by atoms with E-state index in [-0.39, 0.29) is 32.5 Å². The van der Waals surface area contributed by atoms with E-state index in [4.69, 9.17) is 5.11 Å². The van der Waals surface area contributed by atoms with Crippen LogP contribution in [0.3, 0.4) is 0 Å². The molecular formula is C8H17NO6S. The first-order valence-corrected chi connectivity index (χ1v) is 5.03. The number of fused-ring (bicyclic) bond motifs is 1. The molecule has 2 atom stereocenters. The molecule has 2 aliphatic rings. The van der Waals surface area contributed by atoms with Gasteiger partial charge in [0.25, 0.3) is 0 Å². The molecular weight excluding hydrogens is 238 g/mol. The summed E-state index contributed by atoms with van der Waals surface area (Å²) in [6.07, 6.45) is 0.498. The summed E-state index contributed by atoms with van der Waals surface area (Å²) >= 11 is 1.58. The third-order valence-electron chi connectivity index (χ3n) is 2.56. The maximum Gasteiger partial charge on any atom is 0.327 e. The minimum Gasteiger partial charge on any atom is -0.480 e. The summed E-state index contributed by atoms with van der Waals surface area (Å²) in [5.74, 6) is -0.927. The third kappa shape index (κ3) is 2.14. The number of carbonyl (C=O) groups excluding carboxylic acids is 1. The molecule has 8 heteroatoms. The second kappa shape index (κ2) is 5.00. The van der Waals surface area contributed by atoms with Gasteiger partial charge in [0.05, 0.1) is 11.8 Å². The maximum atomic E-state index is 11.2. The lowest BCUT2D eigenvalue weighted by molar-refractivity contribution is -0.157. The highest BCUT2D eigenvalue weighted by Gasteiger charge is 2.58. The number of β-lactam (4-membered cyclic amide) rings is 1. The number of aliphatic carboxylic acids is 1. The Kier molecular flexibility index (Phi) is 5.49. The summed E-state index contributed by atoms with van der Waals surface area (Å²) in [5, 5.41) is 9.08. The second-order valence-corrected chi connectivity index (χ2v) is 5.75.